The summed E-state index contributed by atoms with van der Waals surface area (Å²) in [7, 11) is 0. The minimum atomic E-state index is -0.916. The van der Waals surface area contributed by atoms with Crippen molar-refractivity contribution in [2.75, 3.05) is 0 Å². The summed E-state index contributed by atoms with van der Waals surface area (Å²) >= 11 is 0. The zero-order chi connectivity index (χ0) is 26.5. The lowest BCUT2D eigenvalue weighted by molar-refractivity contribution is 0.0697. The van der Waals surface area contributed by atoms with E-state index in [0.29, 0.717) is 12.1 Å². The average molecular weight is 507 g/mol. The minimum absolute atomic E-state index is 0.313. The number of aryl methyl sites for hydroxylation is 2. The van der Waals surface area contributed by atoms with Gasteiger partial charge in [-0.15, -0.1) is 0 Å². The van der Waals surface area contributed by atoms with Gasteiger partial charge in [0.25, 0.3) is 0 Å². The molecule has 0 fully saturated rings. The van der Waals surface area contributed by atoms with E-state index in [-0.39, 0.29) is 0 Å². The van der Waals surface area contributed by atoms with Crippen LogP contribution in [0.4, 0.5) is 0 Å². The number of carboxylic acids is 1. The summed E-state index contributed by atoms with van der Waals surface area (Å²) in [4.78, 5) is 21.4. The fourth-order valence-corrected chi connectivity index (χ4v) is 4.99. The highest BCUT2D eigenvalue weighted by atomic mass is 16.4. The SMILES string of the molecule is CCCCc1nc2ccc(-c3nccn3CCCC)cc2n1Cc1ccc(-c2ccccc2C(=O)O)cc1. The van der Waals surface area contributed by atoms with Gasteiger partial charge >= 0.3 is 5.97 Å². The standard InChI is InChI=1S/C32H34N4O2/c1-3-5-11-30-34-28-17-16-25(31-33-18-20-35(31)19-6-4-2)21-29(28)36(30)22-23-12-14-24(15-13-23)26-9-7-8-10-27(26)32(37)38/h7-10,12-18,20-21H,3-6,11,19,22H2,1-2H3,(H,37,38). The van der Waals surface area contributed by atoms with Gasteiger partial charge in [0.2, 0.25) is 0 Å². The second-order valence-electron chi connectivity index (χ2n) is 9.77. The van der Waals surface area contributed by atoms with Gasteiger partial charge in [-0.05, 0) is 53.8 Å². The van der Waals surface area contributed by atoms with Crippen molar-refractivity contribution in [2.24, 2.45) is 0 Å². The molecule has 0 bridgehead atoms. The number of carboxylic acid groups (broad SMARTS) is 1. The molecule has 5 aromatic rings. The van der Waals surface area contributed by atoms with Gasteiger partial charge in [-0.3, -0.25) is 0 Å². The number of fused-ring (bicyclic) bond motifs is 1. The number of benzene rings is 3. The van der Waals surface area contributed by atoms with Crippen LogP contribution in [0.2, 0.25) is 0 Å². The summed E-state index contributed by atoms with van der Waals surface area (Å²) < 4.78 is 4.56. The van der Waals surface area contributed by atoms with Crippen molar-refractivity contribution in [1.82, 2.24) is 19.1 Å². The Balaban J connectivity index is 1.50. The summed E-state index contributed by atoms with van der Waals surface area (Å²) in [5.74, 6) is 1.17. The maximum absolute atomic E-state index is 11.7. The molecule has 2 aromatic heterocycles. The van der Waals surface area contributed by atoms with Gasteiger partial charge in [0.05, 0.1) is 16.6 Å². The molecule has 6 nitrogen and oxygen atoms in total. The predicted octanol–water partition coefficient (Wildman–Crippen LogP) is 7.46. The van der Waals surface area contributed by atoms with Crippen LogP contribution in [0.3, 0.4) is 0 Å². The van der Waals surface area contributed by atoms with Crippen molar-refractivity contribution in [1.29, 1.82) is 0 Å². The van der Waals surface area contributed by atoms with E-state index >= 15 is 0 Å². The molecule has 194 valence electrons. The second-order valence-corrected chi connectivity index (χ2v) is 9.77. The summed E-state index contributed by atoms with van der Waals surface area (Å²) in [6.07, 6.45) is 9.33. The Hall–Kier alpha value is -4.19. The summed E-state index contributed by atoms with van der Waals surface area (Å²) in [6, 6.07) is 21.8. The highest BCUT2D eigenvalue weighted by molar-refractivity contribution is 5.96. The lowest BCUT2D eigenvalue weighted by atomic mass is 9.99. The molecule has 0 saturated carbocycles. The van der Waals surface area contributed by atoms with Gasteiger partial charge < -0.3 is 14.2 Å². The number of unbranched alkanes of at least 4 members (excludes halogenated alkanes) is 2. The maximum Gasteiger partial charge on any atom is 0.336 e. The van der Waals surface area contributed by atoms with Crippen molar-refractivity contribution in [3.63, 3.8) is 0 Å². The molecular weight excluding hydrogens is 472 g/mol. The number of carbonyl (C=O) groups is 1. The molecule has 0 spiro atoms. The second kappa shape index (κ2) is 11.5. The molecule has 0 aliphatic heterocycles. The van der Waals surface area contributed by atoms with E-state index in [4.69, 9.17) is 4.98 Å². The summed E-state index contributed by atoms with van der Waals surface area (Å²) in [5, 5.41) is 9.59. The molecule has 3 aromatic carbocycles. The monoisotopic (exact) mass is 506 g/mol. The molecule has 5 rings (SSSR count). The van der Waals surface area contributed by atoms with Gasteiger partial charge in [-0.1, -0.05) is 69.2 Å². The van der Waals surface area contributed by atoms with Crippen molar-refractivity contribution >= 4 is 17.0 Å². The molecule has 0 saturated heterocycles. The number of hydrogen-bond acceptors (Lipinski definition) is 3. The van der Waals surface area contributed by atoms with Crippen LogP contribution >= 0.6 is 0 Å². The van der Waals surface area contributed by atoms with Crippen LogP contribution in [0.15, 0.2) is 79.1 Å². The number of hydrogen-bond donors (Lipinski definition) is 1. The zero-order valence-corrected chi connectivity index (χ0v) is 22.1. The molecule has 0 atom stereocenters. The normalized spacial score (nSPS) is 11.3. The van der Waals surface area contributed by atoms with E-state index in [1.807, 2.05) is 30.5 Å². The van der Waals surface area contributed by atoms with Crippen molar-refractivity contribution < 1.29 is 9.90 Å². The Morgan fingerprint density at radius 1 is 0.921 bits per heavy atom. The lowest BCUT2D eigenvalue weighted by Crippen LogP contribution is -2.06. The average Bonchev–Trinajstić information content (AvgIpc) is 3.55. The van der Waals surface area contributed by atoms with Crippen LogP contribution in [-0.4, -0.2) is 30.2 Å². The van der Waals surface area contributed by atoms with Crippen molar-refractivity contribution in [3.05, 3.63) is 96.1 Å². The fourth-order valence-electron chi connectivity index (χ4n) is 4.99. The van der Waals surface area contributed by atoms with Crippen LogP contribution in [-0.2, 0) is 19.5 Å². The zero-order valence-electron chi connectivity index (χ0n) is 22.1. The van der Waals surface area contributed by atoms with Crippen molar-refractivity contribution in [3.8, 4) is 22.5 Å². The molecule has 38 heavy (non-hydrogen) atoms. The Kier molecular flexibility index (Phi) is 7.68. The molecule has 0 amide bonds. The number of nitrogens with zero attached hydrogens (tertiary/aromatic N) is 4. The summed E-state index contributed by atoms with van der Waals surface area (Å²) in [6.45, 7) is 6.07. The van der Waals surface area contributed by atoms with Crippen LogP contribution in [0.25, 0.3) is 33.5 Å². The van der Waals surface area contributed by atoms with Gasteiger partial charge in [0, 0.05) is 37.5 Å². The van der Waals surface area contributed by atoms with Gasteiger partial charge in [-0.25, -0.2) is 14.8 Å². The molecule has 0 unspecified atom stereocenters. The van der Waals surface area contributed by atoms with E-state index in [1.54, 1.807) is 12.1 Å². The largest absolute Gasteiger partial charge is 0.478 e. The van der Waals surface area contributed by atoms with Crippen LogP contribution in [0.1, 0.15) is 61.3 Å². The number of aromatic nitrogens is 4. The Labute approximate surface area is 223 Å². The van der Waals surface area contributed by atoms with Crippen LogP contribution < -0.4 is 0 Å². The Morgan fingerprint density at radius 2 is 1.68 bits per heavy atom. The quantitative estimate of drug-likeness (QED) is 0.202. The molecule has 6 heteroatoms. The van der Waals surface area contributed by atoms with E-state index in [0.717, 1.165) is 83.6 Å². The third-order valence-corrected chi connectivity index (χ3v) is 7.07. The third kappa shape index (κ3) is 5.25. The van der Waals surface area contributed by atoms with Gasteiger partial charge in [0.1, 0.15) is 11.6 Å². The number of rotatable bonds is 11. The minimum Gasteiger partial charge on any atom is -0.478 e. The Bertz CT molecular complexity index is 1550. The van der Waals surface area contributed by atoms with E-state index in [9.17, 15) is 9.90 Å². The van der Waals surface area contributed by atoms with Crippen molar-refractivity contribution in [2.45, 2.75) is 59.0 Å². The number of aromatic carboxylic acids is 1. The predicted molar refractivity (Wildman–Crippen MR) is 152 cm³/mol. The highest BCUT2D eigenvalue weighted by Gasteiger charge is 2.15. The molecule has 0 aliphatic rings. The van der Waals surface area contributed by atoms with Crippen LogP contribution in [0.5, 0.6) is 0 Å². The van der Waals surface area contributed by atoms with Gasteiger partial charge in [-0.2, -0.15) is 0 Å². The molecule has 2 heterocycles. The van der Waals surface area contributed by atoms with E-state index < -0.39 is 5.97 Å². The third-order valence-electron chi connectivity index (χ3n) is 7.07. The first kappa shape index (κ1) is 25.5. The van der Waals surface area contributed by atoms with Gasteiger partial charge in [0.15, 0.2) is 0 Å². The first-order chi connectivity index (χ1) is 18.6. The topological polar surface area (TPSA) is 72.9 Å². The first-order valence-electron chi connectivity index (χ1n) is 13.5. The Morgan fingerprint density at radius 3 is 2.45 bits per heavy atom. The highest BCUT2D eigenvalue weighted by Crippen LogP contribution is 2.28. The van der Waals surface area contributed by atoms with E-state index in [2.05, 4.69) is 64.5 Å². The van der Waals surface area contributed by atoms with E-state index in [1.165, 1.54) is 0 Å². The molecule has 0 radical (unpaired) electrons. The lowest BCUT2D eigenvalue weighted by Gasteiger charge is -2.12. The first-order valence-corrected chi connectivity index (χ1v) is 13.5. The van der Waals surface area contributed by atoms with Crippen LogP contribution in [0, 0.1) is 0 Å². The molecule has 0 aliphatic carbocycles. The maximum atomic E-state index is 11.7. The smallest absolute Gasteiger partial charge is 0.336 e. The number of imidazole rings is 2. The molecule has 1 N–H and O–H groups in total. The molecular formula is C32H34N4O2. The fraction of sp³-hybridized carbons (Fsp3) is 0.281. The summed E-state index contributed by atoms with van der Waals surface area (Å²) in [5.41, 5.74) is 6.29.